The summed E-state index contributed by atoms with van der Waals surface area (Å²) >= 11 is 11.3. The van der Waals surface area contributed by atoms with Crippen molar-refractivity contribution in [3.05, 3.63) is 46.3 Å². The lowest BCUT2D eigenvalue weighted by atomic mass is 10.2. The number of hydrogen-bond acceptors (Lipinski definition) is 6. The molecule has 9 nitrogen and oxygen atoms in total. The fourth-order valence-corrected chi connectivity index (χ4v) is 4.13. The molecule has 0 saturated carbocycles. The predicted molar refractivity (Wildman–Crippen MR) is 106 cm³/mol. The number of alkyl halides is 2. The van der Waals surface area contributed by atoms with E-state index >= 15 is 0 Å². The molecule has 29 heavy (non-hydrogen) atoms. The van der Waals surface area contributed by atoms with Crippen LogP contribution in [0.2, 0.25) is 0 Å². The smallest absolute Gasteiger partial charge is 0.390 e. The minimum Gasteiger partial charge on any atom is -0.390 e. The molecule has 14 heteroatoms. The van der Waals surface area contributed by atoms with Crippen molar-refractivity contribution in [2.24, 2.45) is 0 Å². The van der Waals surface area contributed by atoms with Gasteiger partial charge in [-0.3, -0.25) is 4.31 Å². The van der Waals surface area contributed by atoms with Crippen LogP contribution >= 0.6 is 23.2 Å². The predicted octanol–water partition coefficient (Wildman–Crippen LogP) is 2.78. The largest absolute Gasteiger partial charge is 0.435 e. The highest BCUT2D eigenvalue weighted by Gasteiger charge is 2.27. The number of halogens is 4. The standard InChI is InChI=1S/C15H17Cl2F2N5O4S/c1-21(29(27,28)10-23-7-4-20-15(23)24(25)26)11-8-12(18)14(13(19)9-11)22(5-2-16)6-3-17/h4,7-9H,2-3,5-6,10H2,1H3. The van der Waals surface area contributed by atoms with E-state index in [1.54, 1.807) is 0 Å². The Bertz CT molecular complexity index is 960. The Morgan fingerprint density at radius 1 is 1.21 bits per heavy atom. The van der Waals surface area contributed by atoms with Gasteiger partial charge in [0.1, 0.15) is 18.1 Å². The SMILES string of the molecule is CN(c1cc(F)c(N(CCCl)CCCl)c(F)c1)S(=O)(=O)Cn1ccnc1[N+](=O)[O-]. The molecule has 0 radical (unpaired) electrons. The first-order valence-electron chi connectivity index (χ1n) is 8.10. The molecule has 0 aliphatic carbocycles. The van der Waals surface area contributed by atoms with Gasteiger partial charge in [0.15, 0.2) is 17.5 Å². The van der Waals surface area contributed by atoms with Gasteiger partial charge < -0.3 is 15.0 Å². The second-order valence-corrected chi connectivity index (χ2v) is 8.51. The maximum atomic E-state index is 14.6. The number of sulfonamides is 1. The van der Waals surface area contributed by atoms with E-state index in [1.807, 2.05) is 0 Å². The lowest BCUT2D eigenvalue weighted by Gasteiger charge is -2.25. The zero-order valence-corrected chi connectivity index (χ0v) is 17.5. The van der Waals surface area contributed by atoms with Gasteiger partial charge in [-0.05, 0) is 4.92 Å². The van der Waals surface area contributed by atoms with Crippen LogP contribution in [0.25, 0.3) is 0 Å². The molecule has 160 valence electrons. The van der Waals surface area contributed by atoms with Crippen LogP contribution in [0, 0.1) is 21.7 Å². The average molecular weight is 472 g/mol. The third kappa shape index (κ3) is 5.25. The van der Waals surface area contributed by atoms with E-state index in [0.29, 0.717) is 4.31 Å². The Morgan fingerprint density at radius 3 is 2.24 bits per heavy atom. The Labute approximate surface area is 175 Å². The first-order valence-corrected chi connectivity index (χ1v) is 10.8. The Morgan fingerprint density at radius 2 is 1.76 bits per heavy atom. The summed E-state index contributed by atoms with van der Waals surface area (Å²) in [7, 11) is -3.13. The minimum atomic E-state index is -4.22. The summed E-state index contributed by atoms with van der Waals surface area (Å²) in [6.07, 6.45) is 2.19. The molecular formula is C15H17Cl2F2N5O4S. The van der Waals surface area contributed by atoms with Crippen molar-refractivity contribution in [1.29, 1.82) is 0 Å². The molecule has 2 rings (SSSR count). The maximum absolute atomic E-state index is 14.6. The molecule has 0 aliphatic rings. The van der Waals surface area contributed by atoms with Gasteiger partial charge in [0.05, 0.1) is 5.69 Å². The first-order chi connectivity index (χ1) is 13.6. The highest BCUT2D eigenvalue weighted by atomic mass is 35.5. The van der Waals surface area contributed by atoms with E-state index in [-0.39, 0.29) is 36.2 Å². The van der Waals surface area contributed by atoms with E-state index in [9.17, 15) is 27.3 Å². The van der Waals surface area contributed by atoms with E-state index < -0.39 is 38.4 Å². The van der Waals surface area contributed by atoms with Gasteiger partial charge in [-0.1, -0.05) is 4.98 Å². The van der Waals surface area contributed by atoms with Gasteiger partial charge in [-0.2, -0.15) is 0 Å². The Balaban J connectivity index is 2.36. The van der Waals surface area contributed by atoms with Crippen molar-refractivity contribution in [1.82, 2.24) is 9.55 Å². The fourth-order valence-electron chi connectivity index (χ4n) is 2.57. The average Bonchev–Trinajstić information content (AvgIpc) is 3.08. The molecule has 0 N–H and O–H groups in total. The van der Waals surface area contributed by atoms with E-state index in [1.165, 1.54) is 4.90 Å². The summed E-state index contributed by atoms with van der Waals surface area (Å²) < 4.78 is 55.8. The van der Waals surface area contributed by atoms with E-state index in [0.717, 1.165) is 36.1 Å². The molecule has 1 heterocycles. The molecule has 0 saturated heterocycles. The lowest BCUT2D eigenvalue weighted by molar-refractivity contribution is -0.396. The molecule has 0 spiro atoms. The maximum Gasteiger partial charge on any atom is 0.435 e. The van der Waals surface area contributed by atoms with Crippen LogP contribution in [-0.4, -0.2) is 54.8 Å². The minimum absolute atomic E-state index is 0.107. The summed E-state index contributed by atoms with van der Waals surface area (Å²) in [5, 5.41) is 10.9. The van der Waals surface area contributed by atoms with E-state index in [2.05, 4.69) is 4.98 Å². The van der Waals surface area contributed by atoms with Gasteiger partial charge in [-0.25, -0.2) is 21.8 Å². The molecule has 1 aromatic heterocycles. The second kappa shape index (κ2) is 9.55. The van der Waals surface area contributed by atoms with Crippen molar-refractivity contribution >= 4 is 50.5 Å². The monoisotopic (exact) mass is 471 g/mol. The van der Waals surface area contributed by atoms with Gasteiger partial charge in [0, 0.05) is 44.0 Å². The number of imidazole rings is 1. The van der Waals surface area contributed by atoms with Crippen LogP contribution in [0.3, 0.4) is 0 Å². The second-order valence-electron chi connectivity index (χ2n) is 5.79. The van der Waals surface area contributed by atoms with E-state index in [4.69, 9.17) is 23.2 Å². The topological polar surface area (TPSA) is 102 Å². The van der Waals surface area contributed by atoms with Crippen LogP contribution in [0.4, 0.5) is 26.1 Å². The molecule has 0 fully saturated rings. The summed E-state index contributed by atoms with van der Waals surface area (Å²) in [5.41, 5.74) is -0.658. The van der Waals surface area contributed by atoms with Crippen LogP contribution < -0.4 is 9.21 Å². The highest BCUT2D eigenvalue weighted by Crippen LogP contribution is 2.30. The summed E-state index contributed by atoms with van der Waals surface area (Å²) in [6.45, 7) is 0.278. The lowest BCUT2D eigenvalue weighted by Crippen LogP contribution is -2.32. The third-order valence-electron chi connectivity index (χ3n) is 3.97. The van der Waals surface area contributed by atoms with Gasteiger partial charge in [0.25, 0.3) is 10.0 Å². The van der Waals surface area contributed by atoms with Gasteiger partial charge in [0.2, 0.25) is 0 Å². The third-order valence-corrected chi connectivity index (χ3v) is 5.95. The number of hydrogen-bond donors (Lipinski definition) is 0. The number of rotatable bonds is 10. The molecule has 1 aromatic carbocycles. The molecule has 0 atom stereocenters. The summed E-state index contributed by atoms with van der Waals surface area (Å²) in [4.78, 5) is 14.8. The van der Waals surface area contributed by atoms with Crippen LogP contribution in [-0.2, 0) is 15.9 Å². The molecular weight excluding hydrogens is 455 g/mol. The number of benzene rings is 1. The molecule has 0 unspecified atom stereocenters. The quantitative estimate of drug-likeness (QED) is 0.300. The van der Waals surface area contributed by atoms with Crippen molar-refractivity contribution in [3.8, 4) is 0 Å². The normalized spacial score (nSPS) is 11.5. The Kier molecular flexibility index (Phi) is 7.60. The van der Waals surface area contributed by atoms with Crippen LogP contribution in [0.15, 0.2) is 24.5 Å². The fraction of sp³-hybridized carbons (Fsp3) is 0.400. The first kappa shape index (κ1) is 23.1. The Hall–Kier alpha value is -2.18. The van der Waals surface area contributed by atoms with Gasteiger partial charge in [-0.15, -0.1) is 23.2 Å². The zero-order valence-electron chi connectivity index (χ0n) is 15.1. The number of anilines is 2. The molecule has 2 aromatic rings. The number of nitrogens with zero attached hydrogens (tertiary/aromatic N) is 5. The summed E-state index contributed by atoms with van der Waals surface area (Å²) in [5.74, 6) is -3.29. The summed E-state index contributed by atoms with van der Waals surface area (Å²) in [6, 6.07) is 1.71. The van der Waals surface area contributed by atoms with Crippen molar-refractivity contribution in [2.45, 2.75) is 5.88 Å². The van der Waals surface area contributed by atoms with Crippen molar-refractivity contribution in [3.63, 3.8) is 0 Å². The van der Waals surface area contributed by atoms with Crippen molar-refractivity contribution in [2.75, 3.05) is 41.1 Å². The molecule has 0 amide bonds. The number of nitro groups is 1. The van der Waals surface area contributed by atoms with Gasteiger partial charge >= 0.3 is 5.95 Å². The zero-order chi connectivity index (χ0) is 21.8. The molecule has 0 bridgehead atoms. The molecule has 0 aliphatic heterocycles. The van der Waals surface area contributed by atoms with Crippen LogP contribution in [0.1, 0.15) is 0 Å². The number of aromatic nitrogens is 2. The van der Waals surface area contributed by atoms with Crippen LogP contribution in [0.5, 0.6) is 0 Å². The highest BCUT2D eigenvalue weighted by molar-refractivity contribution is 7.91. The van der Waals surface area contributed by atoms with Crippen molar-refractivity contribution < 1.29 is 22.1 Å².